The Balaban J connectivity index is 0.000000207. The van der Waals surface area contributed by atoms with Crippen molar-refractivity contribution in [2.24, 2.45) is 0 Å². The molecule has 0 aliphatic rings. The lowest BCUT2D eigenvalue weighted by atomic mass is 10.1. The van der Waals surface area contributed by atoms with Crippen molar-refractivity contribution in [3.63, 3.8) is 0 Å². The third-order valence-corrected chi connectivity index (χ3v) is 3.00. The highest BCUT2D eigenvalue weighted by Crippen LogP contribution is 2.29. The Morgan fingerprint density at radius 3 is 1.27 bits per heavy atom. The third-order valence-electron chi connectivity index (χ3n) is 3.00. The van der Waals surface area contributed by atoms with Crippen LogP contribution < -0.4 is 0 Å². The Bertz CT molecular complexity index is 730. The fraction of sp³-hybridized carbons (Fsp3) is 0.100. The first-order chi connectivity index (χ1) is 12.2. The highest BCUT2D eigenvalue weighted by molar-refractivity contribution is 5.40. The van der Waals surface area contributed by atoms with Crippen LogP contribution in [-0.4, -0.2) is 30.6 Å². The number of para-hydroxylation sites is 2. The number of hydrogen-bond acceptors (Lipinski definition) is 6. The van der Waals surface area contributed by atoms with E-state index in [2.05, 4.69) is 0 Å². The van der Waals surface area contributed by atoms with Crippen LogP contribution in [0.1, 0.15) is 12.5 Å². The van der Waals surface area contributed by atoms with E-state index < -0.39 is 5.79 Å². The van der Waals surface area contributed by atoms with Crippen molar-refractivity contribution in [3.05, 3.63) is 84.4 Å². The van der Waals surface area contributed by atoms with Crippen molar-refractivity contribution in [2.75, 3.05) is 0 Å². The molecular weight excluding hydrogens is 336 g/mol. The lowest BCUT2D eigenvalue weighted by Gasteiger charge is -2.17. The molecule has 0 aromatic heterocycles. The lowest BCUT2D eigenvalue weighted by Crippen LogP contribution is -2.19. The van der Waals surface area contributed by atoms with E-state index in [4.69, 9.17) is 30.6 Å². The maximum absolute atomic E-state index is 9.14. The number of phenolic OH excluding ortho intramolecular Hbond substituents is 4. The van der Waals surface area contributed by atoms with Crippen molar-refractivity contribution in [2.45, 2.75) is 12.7 Å². The maximum Gasteiger partial charge on any atom is 0.190 e. The molecular formula is C20H22O6. The SMILES string of the molecule is CC(O)(O)c1cc(O)ccc1O.Oc1ccccc1.Oc1ccccc1. The maximum atomic E-state index is 9.14. The Morgan fingerprint density at radius 1 is 0.577 bits per heavy atom. The van der Waals surface area contributed by atoms with E-state index in [1.165, 1.54) is 12.1 Å². The molecule has 0 fully saturated rings. The lowest BCUT2D eigenvalue weighted by molar-refractivity contribution is -0.153. The largest absolute Gasteiger partial charge is 0.508 e. The monoisotopic (exact) mass is 358 g/mol. The van der Waals surface area contributed by atoms with Gasteiger partial charge in [-0.3, -0.25) is 0 Å². The average molecular weight is 358 g/mol. The van der Waals surface area contributed by atoms with Crippen LogP contribution in [0.15, 0.2) is 78.9 Å². The molecule has 6 N–H and O–H groups in total. The molecule has 0 amide bonds. The number of aromatic hydroxyl groups is 4. The zero-order valence-electron chi connectivity index (χ0n) is 14.2. The Hall–Kier alpha value is -3.22. The zero-order valence-corrected chi connectivity index (χ0v) is 14.2. The molecule has 0 atom stereocenters. The summed E-state index contributed by atoms with van der Waals surface area (Å²) >= 11 is 0. The molecule has 0 spiro atoms. The van der Waals surface area contributed by atoms with Gasteiger partial charge in [-0.1, -0.05) is 36.4 Å². The zero-order chi connectivity index (χ0) is 19.6. The summed E-state index contributed by atoms with van der Waals surface area (Å²) in [5.41, 5.74) is -0.123. The number of rotatable bonds is 1. The summed E-state index contributed by atoms with van der Waals surface area (Å²) in [7, 11) is 0. The van der Waals surface area contributed by atoms with Gasteiger partial charge >= 0.3 is 0 Å². The average Bonchev–Trinajstić information content (AvgIpc) is 2.59. The Labute approximate surface area is 151 Å². The number of benzene rings is 3. The van der Waals surface area contributed by atoms with E-state index in [0.717, 1.165) is 13.0 Å². The summed E-state index contributed by atoms with van der Waals surface area (Å²) in [5.74, 6) is -1.88. The van der Waals surface area contributed by atoms with E-state index in [1.54, 1.807) is 48.5 Å². The van der Waals surface area contributed by atoms with E-state index >= 15 is 0 Å². The predicted octanol–water partition coefficient (Wildman–Crippen LogP) is 3.04. The molecule has 6 nitrogen and oxygen atoms in total. The Morgan fingerprint density at radius 2 is 1.00 bits per heavy atom. The molecule has 0 bridgehead atoms. The molecule has 0 heterocycles. The first kappa shape index (κ1) is 20.8. The first-order valence-corrected chi connectivity index (χ1v) is 7.65. The minimum atomic E-state index is -2.14. The second-order valence-corrected chi connectivity index (χ2v) is 5.39. The van der Waals surface area contributed by atoms with Crippen LogP contribution in [0.3, 0.4) is 0 Å². The quantitative estimate of drug-likeness (QED) is 0.294. The van der Waals surface area contributed by atoms with Gasteiger partial charge in [-0.25, -0.2) is 0 Å². The van der Waals surface area contributed by atoms with Crippen molar-refractivity contribution in [1.82, 2.24) is 0 Å². The van der Waals surface area contributed by atoms with Crippen LogP contribution in [0.4, 0.5) is 0 Å². The smallest absolute Gasteiger partial charge is 0.190 e. The van der Waals surface area contributed by atoms with Gasteiger partial charge in [0.1, 0.15) is 23.0 Å². The topological polar surface area (TPSA) is 121 Å². The highest BCUT2D eigenvalue weighted by Gasteiger charge is 2.22. The van der Waals surface area contributed by atoms with Crippen molar-refractivity contribution in [3.8, 4) is 23.0 Å². The molecule has 0 radical (unpaired) electrons. The van der Waals surface area contributed by atoms with Gasteiger partial charge < -0.3 is 30.6 Å². The minimum Gasteiger partial charge on any atom is -0.508 e. The van der Waals surface area contributed by atoms with Crippen LogP contribution in [0, 0.1) is 0 Å². The fourth-order valence-electron chi connectivity index (χ4n) is 1.76. The van der Waals surface area contributed by atoms with Crippen LogP contribution in [-0.2, 0) is 5.79 Å². The second-order valence-electron chi connectivity index (χ2n) is 5.39. The molecule has 138 valence electrons. The van der Waals surface area contributed by atoms with Gasteiger partial charge in [-0.05, 0) is 49.4 Å². The van der Waals surface area contributed by atoms with Crippen molar-refractivity contribution < 1.29 is 30.6 Å². The normalized spacial score (nSPS) is 9.96. The van der Waals surface area contributed by atoms with Crippen LogP contribution >= 0.6 is 0 Å². The minimum absolute atomic E-state index is 0.123. The third kappa shape index (κ3) is 8.05. The van der Waals surface area contributed by atoms with Crippen LogP contribution in [0.25, 0.3) is 0 Å². The molecule has 6 heteroatoms. The molecule has 3 aromatic rings. The van der Waals surface area contributed by atoms with Crippen LogP contribution in [0.5, 0.6) is 23.0 Å². The number of aliphatic hydroxyl groups is 2. The predicted molar refractivity (Wildman–Crippen MR) is 97.8 cm³/mol. The summed E-state index contributed by atoms with van der Waals surface area (Å²) in [5, 5.41) is 53.5. The molecule has 0 saturated carbocycles. The number of hydrogen-bond donors (Lipinski definition) is 6. The van der Waals surface area contributed by atoms with Gasteiger partial charge in [0.2, 0.25) is 0 Å². The molecule has 0 aliphatic heterocycles. The van der Waals surface area contributed by atoms with E-state index in [-0.39, 0.29) is 17.1 Å². The molecule has 3 aromatic carbocycles. The van der Waals surface area contributed by atoms with Crippen molar-refractivity contribution >= 4 is 0 Å². The highest BCUT2D eigenvalue weighted by atomic mass is 16.5. The molecule has 3 rings (SSSR count). The summed E-state index contributed by atoms with van der Waals surface area (Å²) in [6, 6.07) is 21.0. The number of phenols is 4. The summed E-state index contributed by atoms with van der Waals surface area (Å²) < 4.78 is 0. The van der Waals surface area contributed by atoms with Gasteiger partial charge in [-0.2, -0.15) is 0 Å². The van der Waals surface area contributed by atoms with Gasteiger partial charge in [-0.15, -0.1) is 0 Å². The van der Waals surface area contributed by atoms with E-state index in [1.807, 2.05) is 12.1 Å². The molecule has 26 heavy (non-hydrogen) atoms. The van der Waals surface area contributed by atoms with Crippen molar-refractivity contribution in [1.29, 1.82) is 0 Å². The molecule has 0 aliphatic carbocycles. The van der Waals surface area contributed by atoms with Gasteiger partial charge in [0.05, 0.1) is 5.56 Å². The standard InChI is InChI=1S/C8H10O4.2C6H6O/c1-8(11,12)6-4-5(9)2-3-7(6)10;2*7-6-4-2-1-3-5-6/h2-4,9-12H,1H3;2*1-5,7H. The van der Waals surface area contributed by atoms with Gasteiger partial charge in [0.25, 0.3) is 0 Å². The first-order valence-electron chi connectivity index (χ1n) is 7.65. The van der Waals surface area contributed by atoms with Gasteiger partial charge in [0.15, 0.2) is 5.79 Å². The summed E-state index contributed by atoms with van der Waals surface area (Å²) in [6.45, 7) is 1.10. The molecule has 0 saturated heterocycles. The summed E-state index contributed by atoms with van der Waals surface area (Å²) in [4.78, 5) is 0. The van der Waals surface area contributed by atoms with E-state index in [0.29, 0.717) is 11.5 Å². The second kappa shape index (κ2) is 9.93. The summed E-state index contributed by atoms with van der Waals surface area (Å²) in [6.07, 6.45) is 0. The fourth-order valence-corrected chi connectivity index (χ4v) is 1.76. The van der Waals surface area contributed by atoms with E-state index in [9.17, 15) is 0 Å². The van der Waals surface area contributed by atoms with Gasteiger partial charge in [0, 0.05) is 0 Å². The Kier molecular flexibility index (Phi) is 7.95. The van der Waals surface area contributed by atoms with Crippen LogP contribution in [0.2, 0.25) is 0 Å². The molecule has 0 unspecified atom stereocenters.